The van der Waals surface area contributed by atoms with E-state index in [0.717, 1.165) is 5.92 Å². The standard InChI is InChI=1S/C19H32/c1-5-18(19(2,3)4)16-12-7-6-9-13-17-14-10-8-11-15-17/h8,10-11,14-15,18H,5-7,9,12-13,16H2,1-4H3. The Morgan fingerprint density at radius 3 is 2.11 bits per heavy atom. The predicted molar refractivity (Wildman–Crippen MR) is 86.5 cm³/mol. The van der Waals surface area contributed by atoms with Crippen LogP contribution in [-0.4, -0.2) is 0 Å². The van der Waals surface area contributed by atoms with Crippen molar-refractivity contribution in [3.63, 3.8) is 0 Å². The molecule has 0 saturated heterocycles. The van der Waals surface area contributed by atoms with Gasteiger partial charge in [-0.25, -0.2) is 0 Å². The van der Waals surface area contributed by atoms with Crippen molar-refractivity contribution in [1.82, 2.24) is 0 Å². The van der Waals surface area contributed by atoms with Crippen molar-refractivity contribution in [3.8, 4) is 0 Å². The molecular weight excluding hydrogens is 228 g/mol. The highest BCUT2D eigenvalue weighted by Gasteiger charge is 2.21. The maximum atomic E-state index is 2.39. The quantitative estimate of drug-likeness (QED) is 0.484. The Morgan fingerprint density at radius 2 is 1.53 bits per heavy atom. The first-order chi connectivity index (χ1) is 9.04. The summed E-state index contributed by atoms with van der Waals surface area (Å²) in [4.78, 5) is 0. The summed E-state index contributed by atoms with van der Waals surface area (Å²) in [5.74, 6) is 0.890. The van der Waals surface area contributed by atoms with Crippen LogP contribution < -0.4 is 0 Å². The number of unbranched alkanes of at least 4 members (excludes halogenated alkanes) is 3. The van der Waals surface area contributed by atoms with Crippen molar-refractivity contribution < 1.29 is 0 Å². The minimum Gasteiger partial charge on any atom is -0.0651 e. The number of rotatable bonds is 8. The van der Waals surface area contributed by atoms with Gasteiger partial charge in [-0.2, -0.15) is 0 Å². The third-order valence-corrected chi connectivity index (χ3v) is 4.33. The molecule has 1 aromatic rings. The van der Waals surface area contributed by atoms with Crippen LogP contribution in [0.25, 0.3) is 0 Å². The predicted octanol–water partition coefficient (Wildman–Crippen LogP) is 6.25. The summed E-state index contributed by atoms with van der Waals surface area (Å²) in [5, 5.41) is 0. The van der Waals surface area contributed by atoms with Crippen molar-refractivity contribution in [2.75, 3.05) is 0 Å². The third kappa shape index (κ3) is 6.80. The zero-order chi connectivity index (χ0) is 14.1. The van der Waals surface area contributed by atoms with Crippen molar-refractivity contribution >= 4 is 0 Å². The van der Waals surface area contributed by atoms with Crippen LogP contribution in [0.2, 0.25) is 0 Å². The van der Waals surface area contributed by atoms with Gasteiger partial charge in [0, 0.05) is 0 Å². The highest BCUT2D eigenvalue weighted by atomic mass is 14.3. The SMILES string of the molecule is CCC(CCCCCCc1ccccc1)C(C)(C)C. The fourth-order valence-corrected chi connectivity index (χ4v) is 2.97. The molecule has 0 N–H and O–H groups in total. The van der Waals surface area contributed by atoms with Gasteiger partial charge < -0.3 is 0 Å². The molecule has 0 heteroatoms. The number of benzene rings is 1. The van der Waals surface area contributed by atoms with E-state index in [4.69, 9.17) is 0 Å². The Hall–Kier alpha value is -0.780. The lowest BCUT2D eigenvalue weighted by atomic mass is 9.76. The van der Waals surface area contributed by atoms with Gasteiger partial charge >= 0.3 is 0 Å². The van der Waals surface area contributed by atoms with Gasteiger partial charge in [-0.1, -0.05) is 83.7 Å². The van der Waals surface area contributed by atoms with Crippen LogP contribution >= 0.6 is 0 Å². The molecule has 0 amide bonds. The largest absolute Gasteiger partial charge is 0.0651 e. The van der Waals surface area contributed by atoms with Crippen LogP contribution in [0, 0.1) is 11.3 Å². The molecular formula is C19H32. The van der Waals surface area contributed by atoms with Gasteiger partial charge in [-0.15, -0.1) is 0 Å². The Morgan fingerprint density at radius 1 is 0.895 bits per heavy atom. The first kappa shape index (κ1) is 16.3. The molecule has 0 aliphatic heterocycles. The molecule has 0 aliphatic rings. The van der Waals surface area contributed by atoms with Crippen LogP contribution in [0.1, 0.15) is 71.8 Å². The molecule has 1 atom stereocenters. The smallest absolute Gasteiger partial charge is 0.0279 e. The number of hydrogen-bond donors (Lipinski definition) is 0. The number of hydrogen-bond acceptors (Lipinski definition) is 0. The van der Waals surface area contributed by atoms with E-state index in [-0.39, 0.29) is 0 Å². The summed E-state index contributed by atoms with van der Waals surface area (Å²) in [6, 6.07) is 10.9. The maximum absolute atomic E-state index is 2.39. The Kier molecular flexibility index (Phi) is 7.20. The monoisotopic (exact) mass is 260 g/mol. The second-order valence-electron chi connectivity index (χ2n) is 6.91. The molecule has 0 aromatic heterocycles. The van der Waals surface area contributed by atoms with Crippen LogP contribution in [0.4, 0.5) is 0 Å². The van der Waals surface area contributed by atoms with E-state index in [1.54, 1.807) is 0 Å². The fourth-order valence-electron chi connectivity index (χ4n) is 2.97. The molecule has 0 nitrogen and oxygen atoms in total. The molecule has 0 aliphatic carbocycles. The van der Waals surface area contributed by atoms with Crippen molar-refractivity contribution in [3.05, 3.63) is 35.9 Å². The number of aryl methyl sites for hydroxylation is 1. The van der Waals surface area contributed by atoms with Gasteiger partial charge in [0.2, 0.25) is 0 Å². The molecule has 1 rings (SSSR count). The molecule has 0 heterocycles. The summed E-state index contributed by atoms with van der Waals surface area (Å²) in [6.07, 6.45) is 9.52. The van der Waals surface area contributed by atoms with Crippen LogP contribution in [-0.2, 0) is 6.42 Å². The summed E-state index contributed by atoms with van der Waals surface area (Å²) >= 11 is 0. The zero-order valence-corrected chi connectivity index (χ0v) is 13.4. The summed E-state index contributed by atoms with van der Waals surface area (Å²) < 4.78 is 0. The lowest BCUT2D eigenvalue weighted by Gasteiger charge is -2.29. The minimum atomic E-state index is 0.485. The lowest BCUT2D eigenvalue weighted by Crippen LogP contribution is -2.19. The van der Waals surface area contributed by atoms with E-state index in [1.807, 2.05) is 0 Å². The third-order valence-electron chi connectivity index (χ3n) is 4.33. The normalized spacial score (nSPS) is 13.5. The molecule has 0 radical (unpaired) electrons. The minimum absolute atomic E-state index is 0.485. The van der Waals surface area contributed by atoms with Crippen molar-refractivity contribution in [2.24, 2.45) is 11.3 Å². The van der Waals surface area contributed by atoms with E-state index >= 15 is 0 Å². The van der Waals surface area contributed by atoms with Crippen molar-refractivity contribution in [2.45, 2.75) is 72.6 Å². The summed E-state index contributed by atoms with van der Waals surface area (Å²) in [5.41, 5.74) is 1.97. The Bertz CT molecular complexity index is 318. The Balaban J connectivity index is 2.08. The van der Waals surface area contributed by atoms with E-state index < -0.39 is 0 Å². The first-order valence-corrected chi connectivity index (χ1v) is 8.08. The van der Waals surface area contributed by atoms with Crippen LogP contribution in [0.3, 0.4) is 0 Å². The van der Waals surface area contributed by atoms with Gasteiger partial charge in [0.15, 0.2) is 0 Å². The molecule has 0 spiro atoms. The molecule has 0 fully saturated rings. The van der Waals surface area contributed by atoms with Crippen LogP contribution in [0.5, 0.6) is 0 Å². The average molecular weight is 260 g/mol. The van der Waals surface area contributed by atoms with Gasteiger partial charge in [0.05, 0.1) is 0 Å². The molecule has 1 unspecified atom stereocenters. The first-order valence-electron chi connectivity index (χ1n) is 8.08. The maximum Gasteiger partial charge on any atom is -0.0279 e. The fraction of sp³-hybridized carbons (Fsp3) is 0.684. The molecule has 0 saturated carbocycles. The molecule has 0 bridgehead atoms. The zero-order valence-electron chi connectivity index (χ0n) is 13.4. The molecule has 1 aromatic carbocycles. The van der Waals surface area contributed by atoms with Gasteiger partial charge in [-0.05, 0) is 36.2 Å². The van der Waals surface area contributed by atoms with Gasteiger partial charge in [0.25, 0.3) is 0 Å². The molecule has 19 heavy (non-hydrogen) atoms. The van der Waals surface area contributed by atoms with E-state index in [0.29, 0.717) is 5.41 Å². The average Bonchev–Trinajstić information content (AvgIpc) is 2.37. The van der Waals surface area contributed by atoms with Crippen LogP contribution in [0.15, 0.2) is 30.3 Å². The lowest BCUT2D eigenvalue weighted by molar-refractivity contribution is 0.213. The van der Waals surface area contributed by atoms with Gasteiger partial charge in [-0.3, -0.25) is 0 Å². The van der Waals surface area contributed by atoms with E-state index in [9.17, 15) is 0 Å². The highest BCUT2D eigenvalue weighted by Crippen LogP contribution is 2.32. The van der Waals surface area contributed by atoms with E-state index in [2.05, 4.69) is 58.0 Å². The second-order valence-corrected chi connectivity index (χ2v) is 6.91. The topological polar surface area (TPSA) is 0 Å². The Labute approximate surface area is 120 Å². The van der Waals surface area contributed by atoms with Gasteiger partial charge in [0.1, 0.15) is 0 Å². The highest BCUT2D eigenvalue weighted by molar-refractivity contribution is 5.14. The second kappa shape index (κ2) is 8.40. The molecule has 108 valence electrons. The summed E-state index contributed by atoms with van der Waals surface area (Å²) in [6.45, 7) is 9.50. The summed E-state index contributed by atoms with van der Waals surface area (Å²) in [7, 11) is 0. The van der Waals surface area contributed by atoms with E-state index in [1.165, 1.54) is 50.5 Å². The van der Waals surface area contributed by atoms with Crippen molar-refractivity contribution in [1.29, 1.82) is 0 Å².